The first kappa shape index (κ1) is 15.6. The van der Waals surface area contributed by atoms with Crippen LogP contribution in [0, 0.1) is 0 Å². The number of imide groups is 1. The number of hydrogen-bond acceptors (Lipinski definition) is 4. The number of nitrogens with zero attached hydrogens (tertiary/aromatic N) is 1. The summed E-state index contributed by atoms with van der Waals surface area (Å²) in [6.45, 7) is -2.87. The minimum absolute atomic E-state index is 0.157. The molecule has 4 rings (SSSR count). The smallest absolute Gasteiger partial charge is 0.322 e. The van der Waals surface area contributed by atoms with Gasteiger partial charge >= 0.3 is 5.92 Å². The van der Waals surface area contributed by atoms with Gasteiger partial charge in [0, 0.05) is 36.9 Å². The second-order valence-electron chi connectivity index (χ2n) is 7.21. The molecule has 2 unspecified atom stereocenters. The van der Waals surface area contributed by atoms with E-state index in [-0.39, 0.29) is 17.9 Å². The number of nitrogens with one attached hydrogen (secondary N) is 1. The van der Waals surface area contributed by atoms with Gasteiger partial charge in [0.25, 0.3) is 5.91 Å². The molecule has 1 saturated heterocycles. The average molecular weight is 467 g/mol. The molecule has 2 aliphatic heterocycles. The number of benzene rings is 2. The lowest BCUT2D eigenvalue weighted by atomic mass is 9.97. The summed E-state index contributed by atoms with van der Waals surface area (Å²) in [6, 6.07) is 0.107. The molecule has 166 valence electrons. The largest absolute Gasteiger partial charge is 0.330 e. The van der Waals surface area contributed by atoms with Crippen molar-refractivity contribution in [2.45, 2.75) is 44.1 Å². The molecule has 1 fully saturated rings. The molecule has 0 bridgehead atoms. The molecule has 2 heterocycles. The Morgan fingerprint density at radius 2 is 2.00 bits per heavy atom. The number of Topliss-reactive ketones (excluding diaryl/α,β-unsaturated/α-hetero) is 1. The molecule has 2 aliphatic rings. The minimum atomic E-state index is -4.04. The van der Waals surface area contributed by atoms with E-state index in [0.29, 0.717) is 4.90 Å². The molecule has 2 aromatic rings. The van der Waals surface area contributed by atoms with E-state index in [1.54, 1.807) is 0 Å². The topological polar surface area (TPSA) is 83.6 Å². The molecule has 2 atom stereocenters. The monoisotopic (exact) mass is 466 g/mol. The highest BCUT2D eigenvalue weighted by Crippen LogP contribution is 2.32. The summed E-state index contributed by atoms with van der Waals surface area (Å²) in [5, 5.41) is 2.16. The minimum Gasteiger partial charge on any atom is -0.322 e. The third kappa shape index (κ3) is 4.14. The maximum Gasteiger partial charge on any atom is 0.330 e. The first-order valence-electron chi connectivity index (χ1n) is 12.6. The molecule has 32 heavy (non-hydrogen) atoms. The summed E-state index contributed by atoms with van der Waals surface area (Å²) in [6.07, 6.45) is -3.56. The van der Waals surface area contributed by atoms with Crippen LogP contribution in [0.2, 0.25) is 5.02 Å². The molecule has 1 N–H and O–H groups in total. The lowest BCUT2D eigenvalue weighted by Crippen LogP contribution is -2.52. The van der Waals surface area contributed by atoms with Gasteiger partial charge in [-0.25, -0.2) is 0 Å². The molecule has 0 spiro atoms. The summed E-state index contributed by atoms with van der Waals surface area (Å²) in [4.78, 5) is 50.0. The number of carbonyl (C=O) groups is 4. The fourth-order valence-electron chi connectivity index (χ4n) is 3.35. The molecule has 0 saturated carbocycles. The van der Waals surface area contributed by atoms with Crippen LogP contribution in [0.4, 0.5) is 8.78 Å². The van der Waals surface area contributed by atoms with Gasteiger partial charge in [-0.05, 0) is 42.1 Å². The van der Waals surface area contributed by atoms with E-state index in [1.807, 2.05) is 5.32 Å². The van der Waals surface area contributed by atoms with Crippen LogP contribution in [-0.4, -0.2) is 34.4 Å². The molecular weight excluding hydrogens is 442 g/mol. The Labute approximate surface area is 196 Å². The average Bonchev–Trinajstić information content (AvgIpc) is 3.03. The van der Waals surface area contributed by atoms with E-state index in [2.05, 4.69) is 0 Å². The summed E-state index contributed by atoms with van der Waals surface area (Å²) >= 11 is 5.69. The van der Waals surface area contributed by atoms with Gasteiger partial charge < -0.3 is 4.90 Å². The fraction of sp³-hybridized carbons (Fsp3) is 0.304. The van der Waals surface area contributed by atoms with Crippen molar-refractivity contribution in [3.05, 3.63) is 69.7 Å². The zero-order valence-corrected chi connectivity index (χ0v) is 17.1. The molecule has 0 radical (unpaired) electrons. The van der Waals surface area contributed by atoms with Crippen molar-refractivity contribution in [3.63, 3.8) is 0 Å². The van der Waals surface area contributed by atoms with Crippen LogP contribution in [0.3, 0.4) is 0 Å². The number of piperidine rings is 1. The van der Waals surface area contributed by atoms with Crippen LogP contribution in [0.25, 0.3) is 0 Å². The first-order valence-corrected chi connectivity index (χ1v) is 9.89. The maximum atomic E-state index is 14.8. The van der Waals surface area contributed by atoms with Crippen molar-refractivity contribution in [1.29, 1.82) is 0 Å². The highest BCUT2D eigenvalue weighted by Gasteiger charge is 2.41. The van der Waals surface area contributed by atoms with Crippen molar-refractivity contribution in [3.8, 4) is 0 Å². The van der Waals surface area contributed by atoms with E-state index in [1.165, 1.54) is 0 Å². The van der Waals surface area contributed by atoms with Crippen LogP contribution in [0.1, 0.15) is 54.5 Å². The predicted molar refractivity (Wildman–Crippen MR) is 111 cm³/mol. The van der Waals surface area contributed by atoms with Crippen LogP contribution in [0.5, 0.6) is 0 Å². The lowest BCUT2D eigenvalue weighted by Gasteiger charge is -2.29. The van der Waals surface area contributed by atoms with Gasteiger partial charge in [-0.1, -0.05) is 35.8 Å². The van der Waals surface area contributed by atoms with Gasteiger partial charge in [0.15, 0.2) is 0 Å². The number of carbonyl (C=O) groups excluding carboxylic acids is 4. The van der Waals surface area contributed by atoms with Crippen LogP contribution < -0.4 is 5.32 Å². The van der Waals surface area contributed by atoms with Gasteiger partial charge in [0.1, 0.15) is 6.04 Å². The van der Waals surface area contributed by atoms with E-state index in [9.17, 15) is 28.0 Å². The molecule has 0 aliphatic carbocycles. The summed E-state index contributed by atoms with van der Waals surface area (Å²) < 4.78 is 80.0. The molecule has 6 nitrogen and oxygen atoms in total. The third-order valence-corrected chi connectivity index (χ3v) is 5.32. The van der Waals surface area contributed by atoms with E-state index < -0.39 is 95.2 Å². The standard InChI is InChI=1S/C23H19ClF2N2O4/c24-16-5-3-15(4-6-16)23(25,26)19(29)9-2-13-1-7-17-14(11-13)12-28(22(17)32)18-8-10-20(30)27-21(18)31/h1,3-7,11,18H,2,8-10,12H2,(H,27,30,31)/i1D,2D,7D,11D,12D2. The summed E-state index contributed by atoms with van der Waals surface area (Å²) in [7, 11) is 0. The zero-order chi connectivity index (χ0) is 28.3. The normalized spacial score (nSPS) is 23.8. The van der Waals surface area contributed by atoms with Crippen molar-refractivity contribution in [2.75, 3.05) is 0 Å². The van der Waals surface area contributed by atoms with Crippen LogP contribution in [0.15, 0.2) is 42.4 Å². The van der Waals surface area contributed by atoms with E-state index in [0.717, 1.165) is 24.3 Å². The number of rotatable bonds is 6. The highest BCUT2D eigenvalue weighted by molar-refractivity contribution is 6.30. The number of amides is 3. The van der Waals surface area contributed by atoms with E-state index >= 15 is 0 Å². The quantitative estimate of drug-likeness (QED) is 0.661. The Kier molecular flexibility index (Phi) is 4.12. The Morgan fingerprint density at radius 3 is 2.69 bits per heavy atom. The highest BCUT2D eigenvalue weighted by atomic mass is 35.5. The summed E-state index contributed by atoms with van der Waals surface area (Å²) in [5.41, 5.74) is -2.76. The first-order chi connectivity index (χ1) is 17.6. The maximum absolute atomic E-state index is 14.8. The molecule has 9 heteroatoms. The van der Waals surface area contributed by atoms with Gasteiger partial charge in [-0.2, -0.15) is 8.78 Å². The van der Waals surface area contributed by atoms with Crippen LogP contribution >= 0.6 is 11.6 Å². The Hall–Kier alpha value is -3.13. The number of alkyl halides is 2. The molecule has 2 aromatic carbocycles. The fourth-order valence-corrected chi connectivity index (χ4v) is 3.48. The summed E-state index contributed by atoms with van der Waals surface area (Å²) in [5.74, 6) is -8.49. The molecule has 0 aromatic heterocycles. The zero-order valence-electron chi connectivity index (χ0n) is 22.3. The number of ketones is 1. The van der Waals surface area contributed by atoms with Crippen molar-refractivity contribution < 1.29 is 36.2 Å². The third-order valence-electron chi connectivity index (χ3n) is 5.07. The van der Waals surface area contributed by atoms with Gasteiger partial charge in [0.2, 0.25) is 17.6 Å². The Morgan fingerprint density at radius 1 is 1.28 bits per heavy atom. The van der Waals surface area contributed by atoms with Crippen molar-refractivity contribution >= 4 is 35.1 Å². The van der Waals surface area contributed by atoms with E-state index in [4.69, 9.17) is 19.8 Å². The Bertz CT molecular complexity index is 1390. The van der Waals surface area contributed by atoms with Gasteiger partial charge in [-0.3, -0.25) is 24.5 Å². The second-order valence-corrected chi connectivity index (χ2v) is 7.64. The van der Waals surface area contributed by atoms with Gasteiger partial charge in [0.05, 0.1) is 6.85 Å². The molecule has 3 amide bonds. The lowest BCUT2D eigenvalue weighted by molar-refractivity contribution is -0.144. The molecular formula is C23H19ClF2N2O4. The number of halogens is 3. The van der Waals surface area contributed by atoms with Crippen molar-refractivity contribution in [2.24, 2.45) is 0 Å². The SMILES string of the molecule is [2H]c1c([2H])c(C([2H])CC(=O)C(F)(F)c2ccc(Cl)cc2)c([2H])c2c1C(=O)N(C1CCC(=O)NC1=O)C2([2H])[2H]. The number of hydrogen-bond donors (Lipinski definition) is 1. The van der Waals surface area contributed by atoms with Crippen molar-refractivity contribution in [1.82, 2.24) is 10.2 Å². The Balaban J connectivity index is 1.72. The van der Waals surface area contributed by atoms with Crippen LogP contribution in [-0.2, 0) is 33.2 Å². The number of fused-ring (bicyclic) bond motifs is 1. The van der Waals surface area contributed by atoms with Gasteiger partial charge in [-0.15, -0.1) is 0 Å². The second kappa shape index (κ2) is 8.43. The predicted octanol–water partition coefficient (Wildman–Crippen LogP) is 3.39.